The lowest BCUT2D eigenvalue weighted by atomic mass is 9.94. The second kappa shape index (κ2) is 5.36. The highest BCUT2D eigenvalue weighted by atomic mass is 19.1. The van der Waals surface area contributed by atoms with Gasteiger partial charge in [-0.1, -0.05) is 18.2 Å². The van der Waals surface area contributed by atoms with Gasteiger partial charge in [-0.3, -0.25) is 9.97 Å². The van der Waals surface area contributed by atoms with Crippen LogP contribution in [0.1, 0.15) is 16.7 Å². The van der Waals surface area contributed by atoms with Crippen molar-refractivity contribution in [1.82, 2.24) is 9.97 Å². The Bertz CT molecular complexity index is 981. The molecule has 0 unspecified atom stereocenters. The molecule has 0 atom stereocenters. The predicted molar refractivity (Wildman–Crippen MR) is 85.4 cm³/mol. The number of hydrogen-bond donors (Lipinski definition) is 0. The number of allylic oxidation sites excluding steroid dienone is 1. The van der Waals surface area contributed by atoms with Gasteiger partial charge in [-0.2, -0.15) is 5.26 Å². The fourth-order valence-electron chi connectivity index (χ4n) is 2.98. The number of nitrogens with zero attached hydrogens (tertiary/aromatic N) is 3. The lowest BCUT2D eigenvalue weighted by Gasteiger charge is -2.09. The van der Waals surface area contributed by atoms with Crippen LogP contribution in [-0.2, 0) is 0 Å². The average Bonchev–Trinajstić information content (AvgIpc) is 2.93. The molecule has 0 fully saturated rings. The van der Waals surface area contributed by atoms with Gasteiger partial charge in [-0.15, -0.1) is 0 Å². The molecule has 0 saturated carbocycles. The Balaban J connectivity index is 2.15. The van der Waals surface area contributed by atoms with Crippen LogP contribution in [0, 0.1) is 23.0 Å². The standard InChI is InChI=1S/C19H9F2N3/c20-14-6-1-7-15(21)17(14)13(10-22)16-11-4-2-8-23-18(11)19-12(16)5-3-9-24-19/h1-9H. The van der Waals surface area contributed by atoms with Gasteiger partial charge in [0.2, 0.25) is 0 Å². The van der Waals surface area contributed by atoms with E-state index in [-0.39, 0.29) is 11.1 Å². The van der Waals surface area contributed by atoms with E-state index in [1.807, 2.05) is 6.07 Å². The number of aromatic nitrogens is 2. The summed E-state index contributed by atoms with van der Waals surface area (Å²) >= 11 is 0. The number of halogens is 2. The summed E-state index contributed by atoms with van der Waals surface area (Å²) in [5, 5.41) is 9.66. The number of nitriles is 1. The fraction of sp³-hybridized carbons (Fsp3) is 0. The van der Waals surface area contributed by atoms with Gasteiger partial charge in [0.1, 0.15) is 17.7 Å². The van der Waals surface area contributed by atoms with Crippen molar-refractivity contribution in [2.45, 2.75) is 0 Å². The zero-order valence-electron chi connectivity index (χ0n) is 12.3. The van der Waals surface area contributed by atoms with Gasteiger partial charge >= 0.3 is 0 Å². The normalized spacial score (nSPS) is 11.6. The minimum atomic E-state index is -0.776. The molecule has 0 aliphatic heterocycles. The number of benzene rings is 1. The maximum Gasteiger partial charge on any atom is 0.134 e. The minimum absolute atomic E-state index is 0.0633. The smallest absolute Gasteiger partial charge is 0.134 e. The van der Waals surface area contributed by atoms with Crippen LogP contribution in [0.4, 0.5) is 8.78 Å². The van der Waals surface area contributed by atoms with Crippen molar-refractivity contribution in [2.24, 2.45) is 0 Å². The summed E-state index contributed by atoms with van der Waals surface area (Å²) in [5.41, 5.74) is 2.55. The molecule has 2 aromatic heterocycles. The third-order valence-corrected chi connectivity index (χ3v) is 3.95. The molecule has 0 spiro atoms. The third kappa shape index (κ3) is 1.94. The summed E-state index contributed by atoms with van der Waals surface area (Å²) in [6, 6.07) is 12.5. The van der Waals surface area contributed by atoms with Crippen molar-refractivity contribution in [2.75, 3.05) is 0 Å². The summed E-state index contributed by atoms with van der Waals surface area (Å²) in [7, 11) is 0. The highest BCUT2D eigenvalue weighted by molar-refractivity contribution is 6.11. The van der Waals surface area contributed by atoms with E-state index in [1.165, 1.54) is 6.07 Å². The molecule has 0 saturated heterocycles. The Kier molecular flexibility index (Phi) is 3.17. The summed E-state index contributed by atoms with van der Waals surface area (Å²) in [5.74, 6) is -1.55. The predicted octanol–water partition coefficient (Wildman–Crippen LogP) is 4.22. The van der Waals surface area contributed by atoms with E-state index < -0.39 is 11.6 Å². The largest absolute Gasteiger partial charge is 0.254 e. The van der Waals surface area contributed by atoms with Crippen molar-refractivity contribution in [1.29, 1.82) is 5.26 Å². The van der Waals surface area contributed by atoms with Crippen LogP contribution in [0.15, 0.2) is 54.9 Å². The zero-order valence-corrected chi connectivity index (χ0v) is 12.3. The first-order chi connectivity index (χ1) is 11.7. The third-order valence-electron chi connectivity index (χ3n) is 3.95. The Morgan fingerprint density at radius 3 is 1.88 bits per heavy atom. The topological polar surface area (TPSA) is 49.6 Å². The van der Waals surface area contributed by atoms with Crippen LogP contribution in [0.3, 0.4) is 0 Å². The zero-order chi connectivity index (χ0) is 16.7. The van der Waals surface area contributed by atoms with E-state index in [0.29, 0.717) is 28.1 Å². The molecule has 0 N–H and O–H groups in total. The minimum Gasteiger partial charge on any atom is -0.254 e. The molecule has 5 heteroatoms. The van der Waals surface area contributed by atoms with Crippen LogP contribution in [0.25, 0.3) is 22.5 Å². The molecule has 24 heavy (non-hydrogen) atoms. The van der Waals surface area contributed by atoms with Crippen LogP contribution < -0.4 is 0 Å². The first kappa shape index (κ1) is 14.2. The molecule has 2 heterocycles. The quantitative estimate of drug-likeness (QED) is 0.494. The maximum atomic E-state index is 14.2. The SMILES string of the molecule is N#CC(=C1c2cccnc2-c2ncccc21)c1c(F)cccc1F. The van der Waals surface area contributed by atoms with E-state index in [0.717, 1.165) is 12.1 Å². The molecule has 114 valence electrons. The van der Waals surface area contributed by atoms with E-state index in [2.05, 4.69) is 9.97 Å². The van der Waals surface area contributed by atoms with E-state index in [9.17, 15) is 14.0 Å². The van der Waals surface area contributed by atoms with Gasteiger partial charge in [0.05, 0.1) is 22.5 Å². The van der Waals surface area contributed by atoms with E-state index in [4.69, 9.17) is 0 Å². The van der Waals surface area contributed by atoms with Gasteiger partial charge in [-0.25, -0.2) is 8.78 Å². The summed E-state index contributed by atoms with van der Waals surface area (Å²) in [4.78, 5) is 8.62. The molecular formula is C19H9F2N3. The molecule has 3 nitrogen and oxygen atoms in total. The molecule has 0 amide bonds. The number of fused-ring (bicyclic) bond motifs is 3. The van der Waals surface area contributed by atoms with Crippen molar-refractivity contribution >= 4 is 11.1 Å². The second-order valence-corrected chi connectivity index (χ2v) is 5.26. The molecule has 1 aliphatic carbocycles. The van der Waals surface area contributed by atoms with Crippen molar-refractivity contribution < 1.29 is 8.78 Å². The van der Waals surface area contributed by atoms with Gasteiger partial charge in [0, 0.05) is 29.1 Å². The molecule has 0 bridgehead atoms. The maximum absolute atomic E-state index is 14.2. The second-order valence-electron chi connectivity index (χ2n) is 5.26. The Morgan fingerprint density at radius 2 is 1.38 bits per heavy atom. The molecule has 3 aromatic rings. The molecule has 1 aromatic carbocycles. The molecular weight excluding hydrogens is 308 g/mol. The monoisotopic (exact) mass is 317 g/mol. The first-order valence-electron chi connectivity index (χ1n) is 7.22. The highest BCUT2D eigenvalue weighted by Gasteiger charge is 2.30. The summed E-state index contributed by atoms with van der Waals surface area (Å²) in [6.45, 7) is 0. The first-order valence-corrected chi connectivity index (χ1v) is 7.22. The summed E-state index contributed by atoms with van der Waals surface area (Å²) < 4.78 is 28.5. The number of hydrogen-bond acceptors (Lipinski definition) is 3. The summed E-state index contributed by atoms with van der Waals surface area (Å²) in [6.07, 6.45) is 3.24. The van der Waals surface area contributed by atoms with Crippen LogP contribution in [-0.4, -0.2) is 9.97 Å². The van der Waals surface area contributed by atoms with Crippen molar-refractivity contribution in [3.8, 4) is 17.5 Å². The molecule has 0 radical (unpaired) electrons. The van der Waals surface area contributed by atoms with Crippen LogP contribution in [0.5, 0.6) is 0 Å². The van der Waals surface area contributed by atoms with Crippen molar-refractivity contribution in [3.05, 3.63) is 83.2 Å². The van der Waals surface area contributed by atoms with E-state index >= 15 is 0 Å². The van der Waals surface area contributed by atoms with Gasteiger partial charge in [0.15, 0.2) is 0 Å². The number of pyridine rings is 2. The number of rotatable bonds is 1. The van der Waals surface area contributed by atoms with Crippen LogP contribution in [0.2, 0.25) is 0 Å². The lowest BCUT2D eigenvalue weighted by molar-refractivity contribution is 0.577. The Morgan fingerprint density at radius 1 is 0.833 bits per heavy atom. The molecule has 1 aliphatic rings. The Hall–Kier alpha value is -3.39. The van der Waals surface area contributed by atoms with Crippen LogP contribution >= 0.6 is 0 Å². The average molecular weight is 317 g/mol. The lowest BCUT2D eigenvalue weighted by Crippen LogP contribution is -1.97. The molecule has 4 rings (SSSR count). The fourth-order valence-corrected chi connectivity index (χ4v) is 2.98. The van der Waals surface area contributed by atoms with Gasteiger partial charge in [0.25, 0.3) is 0 Å². The van der Waals surface area contributed by atoms with Gasteiger partial charge in [-0.05, 0) is 24.3 Å². The Labute approximate surface area is 136 Å². The van der Waals surface area contributed by atoms with Crippen molar-refractivity contribution in [3.63, 3.8) is 0 Å². The van der Waals surface area contributed by atoms with E-state index in [1.54, 1.807) is 36.7 Å². The highest BCUT2D eigenvalue weighted by Crippen LogP contribution is 2.45. The van der Waals surface area contributed by atoms with Gasteiger partial charge < -0.3 is 0 Å².